The third-order valence-electron chi connectivity index (χ3n) is 3.09. The fourth-order valence-electron chi connectivity index (χ4n) is 1.79. The molecule has 0 aliphatic rings. The Labute approximate surface area is 105 Å². The zero-order chi connectivity index (χ0) is 12.4. The maximum atomic E-state index is 11.7. The van der Waals surface area contributed by atoms with Crippen LogP contribution in [0.5, 0.6) is 0 Å². The van der Waals surface area contributed by atoms with Crippen LogP contribution in [0, 0.1) is 0 Å². The van der Waals surface area contributed by atoms with Crippen molar-refractivity contribution in [2.75, 3.05) is 0 Å². The van der Waals surface area contributed by atoms with Crippen LogP contribution in [0.3, 0.4) is 0 Å². The third-order valence-corrected chi connectivity index (χ3v) is 7.13. The molecule has 0 aromatic rings. The molecule has 0 rings (SSSR count). The fraction of sp³-hybridized carbons (Fsp3) is 0.929. The average Bonchev–Trinajstić information content (AvgIpc) is 2.20. The van der Waals surface area contributed by atoms with Crippen molar-refractivity contribution < 1.29 is 4.79 Å². The van der Waals surface area contributed by atoms with Gasteiger partial charge in [-0.25, -0.2) is 0 Å². The summed E-state index contributed by atoms with van der Waals surface area (Å²) in [6.07, 6.45) is 11.4. The molecule has 0 aromatic heterocycles. The first-order valence-corrected chi connectivity index (χ1v) is 14.4. The third kappa shape index (κ3) is 9.44. The van der Waals surface area contributed by atoms with Gasteiger partial charge < -0.3 is 0 Å². The molecule has 0 spiro atoms. The van der Waals surface area contributed by atoms with E-state index in [0.717, 1.165) is 12.8 Å². The Hall–Kier alpha value is 0.213. The van der Waals surface area contributed by atoms with Gasteiger partial charge in [0, 0.05) is 0 Å². The second-order valence-electron chi connectivity index (χ2n) is 5.90. The van der Waals surface area contributed by atoms with Gasteiger partial charge in [-0.15, -0.1) is 0 Å². The average molecular weight is 287 g/mol. The summed E-state index contributed by atoms with van der Waals surface area (Å²) in [4.78, 5) is 11.7. The van der Waals surface area contributed by atoms with Gasteiger partial charge >= 0.3 is 105 Å². The second kappa shape index (κ2) is 9.26. The summed E-state index contributed by atoms with van der Waals surface area (Å²) in [7, 11) is 0. The van der Waals surface area contributed by atoms with E-state index in [1.807, 2.05) is 0 Å². The van der Waals surface area contributed by atoms with E-state index in [0.29, 0.717) is 4.62 Å². The first-order chi connectivity index (χ1) is 7.48. The summed E-state index contributed by atoms with van der Waals surface area (Å²) in [6, 6.07) is 0. The van der Waals surface area contributed by atoms with Crippen molar-refractivity contribution in [3.63, 3.8) is 0 Å². The summed E-state index contributed by atoms with van der Waals surface area (Å²) in [6.45, 7) is 2.25. The quantitative estimate of drug-likeness (QED) is 0.410. The number of carbonyl (C=O) groups excluding carboxylic acids is 1. The van der Waals surface area contributed by atoms with Crippen molar-refractivity contribution in [1.82, 2.24) is 0 Å². The van der Waals surface area contributed by atoms with E-state index >= 15 is 0 Å². The monoisotopic (exact) mass is 288 g/mol. The molecule has 0 atom stereocenters. The van der Waals surface area contributed by atoms with E-state index < -0.39 is 13.3 Å². The Kier molecular flexibility index (Phi) is 9.39. The Balaban J connectivity index is 3.25. The molecule has 0 N–H and O–H groups in total. The van der Waals surface area contributed by atoms with Crippen molar-refractivity contribution in [3.05, 3.63) is 0 Å². The molecule has 0 aliphatic carbocycles. The van der Waals surface area contributed by atoms with Crippen molar-refractivity contribution in [2.45, 2.75) is 82.0 Å². The van der Waals surface area contributed by atoms with Crippen LogP contribution < -0.4 is 0 Å². The van der Waals surface area contributed by atoms with Gasteiger partial charge in [0.15, 0.2) is 0 Å². The van der Waals surface area contributed by atoms with Gasteiger partial charge in [-0.3, -0.25) is 0 Å². The van der Waals surface area contributed by atoms with Crippen LogP contribution in [0.4, 0.5) is 0 Å². The Morgan fingerprint density at radius 3 is 1.69 bits per heavy atom. The molecule has 0 aliphatic heterocycles. The van der Waals surface area contributed by atoms with Gasteiger partial charge in [0.1, 0.15) is 0 Å². The number of hydrogen-bond donors (Lipinski definition) is 0. The van der Waals surface area contributed by atoms with E-state index in [-0.39, 0.29) is 0 Å². The number of carbonyl (C=O) groups is 1. The standard InChI is InChI=1S/C14H30GeO/c1-5-6-7-8-9-10-11-12-13-14(16)15(2,3)4/h5-13H2,1-4H3. The zero-order valence-corrected chi connectivity index (χ0v) is 13.9. The van der Waals surface area contributed by atoms with Crippen LogP contribution >= 0.6 is 0 Å². The first kappa shape index (κ1) is 16.2. The van der Waals surface area contributed by atoms with E-state index in [4.69, 9.17) is 0 Å². The van der Waals surface area contributed by atoms with Crippen LogP contribution in [0.25, 0.3) is 0 Å². The molecule has 16 heavy (non-hydrogen) atoms. The summed E-state index contributed by atoms with van der Waals surface area (Å²) in [5.41, 5.74) is 0. The van der Waals surface area contributed by atoms with Crippen LogP contribution in [-0.4, -0.2) is 17.9 Å². The molecular formula is C14H30GeO. The van der Waals surface area contributed by atoms with Gasteiger partial charge in [0.05, 0.1) is 0 Å². The van der Waals surface area contributed by atoms with Gasteiger partial charge in [0.2, 0.25) is 0 Å². The van der Waals surface area contributed by atoms with Gasteiger partial charge in [-0.2, -0.15) is 0 Å². The fourth-order valence-corrected chi connectivity index (χ4v) is 3.74. The van der Waals surface area contributed by atoms with E-state index in [1.54, 1.807) is 0 Å². The van der Waals surface area contributed by atoms with Crippen LogP contribution in [0.2, 0.25) is 17.3 Å². The van der Waals surface area contributed by atoms with Crippen molar-refractivity contribution in [3.8, 4) is 0 Å². The summed E-state index contributed by atoms with van der Waals surface area (Å²) >= 11 is -1.96. The molecule has 2 heteroatoms. The molecule has 0 amide bonds. The summed E-state index contributed by atoms with van der Waals surface area (Å²) < 4.78 is 0.603. The van der Waals surface area contributed by atoms with E-state index in [9.17, 15) is 4.79 Å². The summed E-state index contributed by atoms with van der Waals surface area (Å²) in [5, 5.41) is 0. The molecule has 0 bridgehead atoms. The molecule has 0 saturated heterocycles. The molecule has 0 heterocycles. The normalized spacial score (nSPS) is 11.8. The molecule has 0 aromatic carbocycles. The number of unbranched alkanes of at least 4 members (excludes halogenated alkanes) is 7. The second-order valence-corrected chi connectivity index (χ2v) is 16.5. The van der Waals surface area contributed by atoms with Crippen LogP contribution in [-0.2, 0) is 4.79 Å². The molecule has 0 saturated carbocycles. The Morgan fingerprint density at radius 2 is 1.25 bits per heavy atom. The summed E-state index contributed by atoms with van der Waals surface area (Å²) in [5.74, 6) is 6.60. The van der Waals surface area contributed by atoms with Crippen molar-refractivity contribution in [2.24, 2.45) is 0 Å². The SMILES string of the molecule is CCCCCCCCCC[C](=O)[Ge]([CH3])([CH3])[CH3]. The van der Waals surface area contributed by atoms with Crippen LogP contribution in [0.15, 0.2) is 0 Å². The molecule has 0 fully saturated rings. The predicted octanol–water partition coefficient (Wildman–Crippen LogP) is 4.96. The minimum atomic E-state index is -1.96. The van der Waals surface area contributed by atoms with E-state index in [2.05, 4.69) is 24.2 Å². The first-order valence-electron chi connectivity index (χ1n) is 7.01. The zero-order valence-electron chi connectivity index (χ0n) is 11.8. The van der Waals surface area contributed by atoms with Crippen molar-refractivity contribution >= 4 is 17.9 Å². The van der Waals surface area contributed by atoms with Crippen molar-refractivity contribution in [1.29, 1.82) is 0 Å². The Morgan fingerprint density at radius 1 is 0.812 bits per heavy atom. The Bertz CT molecular complexity index is 182. The predicted molar refractivity (Wildman–Crippen MR) is 75.6 cm³/mol. The minimum absolute atomic E-state index is 0.603. The van der Waals surface area contributed by atoms with E-state index in [1.165, 1.54) is 44.9 Å². The molecule has 96 valence electrons. The van der Waals surface area contributed by atoms with Gasteiger partial charge in [-0.1, -0.05) is 0 Å². The number of rotatable bonds is 10. The molecule has 0 unspecified atom stereocenters. The molecule has 1 nitrogen and oxygen atoms in total. The van der Waals surface area contributed by atoms with Crippen LogP contribution in [0.1, 0.15) is 64.7 Å². The maximum absolute atomic E-state index is 11.7. The molecular weight excluding hydrogens is 257 g/mol. The van der Waals surface area contributed by atoms with Gasteiger partial charge in [-0.05, 0) is 0 Å². The number of hydrogen-bond acceptors (Lipinski definition) is 1. The molecule has 0 radical (unpaired) electrons. The topological polar surface area (TPSA) is 17.1 Å². The van der Waals surface area contributed by atoms with Gasteiger partial charge in [0.25, 0.3) is 0 Å².